The Labute approximate surface area is 135 Å². The van der Waals surface area contributed by atoms with Gasteiger partial charge in [-0.05, 0) is 36.4 Å². The molecule has 0 unspecified atom stereocenters. The third-order valence-corrected chi connectivity index (χ3v) is 3.65. The van der Waals surface area contributed by atoms with Crippen molar-refractivity contribution < 1.29 is 14.6 Å². The number of phenols is 1. The van der Waals surface area contributed by atoms with Gasteiger partial charge in [0, 0.05) is 5.56 Å². The number of aromatic amines is 1. The van der Waals surface area contributed by atoms with Crippen molar-refractivity contribution in [3.63, 3.8) is 0 Å². The SMILES string of the molecule is COC(=O)c1ccc2c(=O)[nH]c(-c3ccc(O)c(Cl)c3)nc2c1. The Balaban J connectivity index is 2.20. The second-order valence-corrected chi connectivity index (χ2v) is 5.21. The molecule has 0 aliphatic rings. The van der Waals surface area contributed by atoms with Gasteiger partial charge in [0.1, 0.15) is 11.6 Å². The highest BCUT2D eigenvalue weighted by Crippen LogP contribution is 2.28. The maximum absolute atomic E-state index is 12.2. The number of nitrogens with one attached hydrogen (secondary N) is 1. The average Bonchev–Trinajstić information content (AvgIpc) is 2.56. The summed E-state index contributed by atoms with van der Waals surface area (Å²) in [5.74, 6) is -0.291. The number of benzene rings is 2. The minimum Gasteiger partial charge on any atom is -0.506 e. The molecular weight excluding hydrogens is 320 g/mol. The van der Waals surface area contributed by atoms with Crippen molar-refractivity contribution in [2.75, 3.05) is 7.11 Å². The number of aromatic nitrogens is 2. The van der Waals surface area contributed by atoms with Crippen molar-refractivity contribution in [2.45, 2.75) is 0 Å². The van der Waals surface area contributed by atoms with E-state index in [-0.39, 0.29) is 22.2 Å². The number of carbonyl (C=O) groups excluding carboxylic acids is 1. The topological polar surface area (TPSA) is 92.3 Å². The normalized spacial score (nSPS) is 10.7. The fourth-order valence-corrected chi connectivity index (χ4v) is 2.36. The van der Waals surface area contributed by atoms with E-state index in [2.05, 4.69) is 14.7 Å². The van der Waals surface area contributed by atoms with Gasteiger partial charge in [0.2, 0.25) is 0 Å². The van der Waals surface area contributed by atoms with Crippen molar-refractivity contribution in [1.29, 1.82) is 0 Å². The number of rotatable bonds is 2. The number of ether oxygens (including phenoxy) is 1. The number of phenolic OH excluding ortho intramolecular Hbond substituents is 1. The Morgan fingerprint density at radius 2 is 2.04 bits per heavy atom. The third kappa shape index (κ3) is 2.76. The molecule has 2 N–H and O–H groups in total. The zero-order chi connectivity index (χ0) is 16.6. The van der Waals surface area contributed by atoms with Crippen molar-refractivity contribution in [3.8, 4) is 17.1 Å². The van der Waals surface area contributed by atoms with Gasteiger partial charge < -0.3 is 14.8 Å². The summed E-state index contributed by atoms with van der Waals surface area (Å²) in [6.07, 6.45) is 0. The minimum atomic E-state index is -0.511. The lowest BCUT2D eigenvalue weighted by atomic mass is 10.1. The molecule has 1 aromatic heterocycles. The summed E-state index contributed by atoms with van der Waals surface area (Å²) < 4.78 is 4.66. The molecule has 6 nitrogen and oxygen atoms in total. The fourth-order valence-electron chi connectivity index (χ4n) is 2.18. The number of hydrogen-bond donors (Lipinski definition) is 2. The highest BCUT2D eigenvalue weighted by Gasteiger charge is 2.11. The molecule has 0 saturated carbocycles. The van der Waals surface area contributed by atoms with Crippen LogP contribution < -0.4 is 5.56 Å². The molecule has 0 fully saturated rings. The zero-order valence-electron chi connectivity index (χ0n) is 12.0. The third-order valence-electron chi connectivity index (χ3n) is 3.35. The number of hydrogen-bond acceptors (Lipinski definition) is 5. The predicted octanol–water partition coefficient (Wildman–Crippen LogP) is 2.74. The molecule has 0 aliphatic heterocycles. The van der Waals surface area contributed by atoms with Crippen LogP contribution in [-0.2, 0) is 4.74 Å². The Morgan fingerprint density at radius 3 is 2.74 bits per heavy atom. The fraction of sp³-hybridized carbons (Fsp3) is 0.0625. The number of carbonyl (C=O) groups is 1. The van der Waals surface area contributed by atoms with Gasteiger partial charge >= 0.3 is 5.97 Å². The molecule has 3 rings (SSSR count). The van der Waals surface area contributed by atoms with Crippen LogP contribution in [0.5, 0.6) is 5.75 Å². The van der Waals surface area contributed by atoms with Gasteiger partial charge in [0.25, 0.3) is 5.56 Å². The molecule has 0 spiro atoms. The number of nitrogens with zero attached hydrogens (tertiary/aromatic N) is 1. The van der Waals surface area contributed by atoms with Gasteiger partial charge in [0.15, 0.2) is 0 Å². The van der Waals surface area contributed by atoms with Gasteiger partial charge in [-0.25, -0.2) is 9.78 Å². The van der Waals surface area contributed by atoms with E-state index in [0.29, 0.717) is 22.0 Å². The van der Waals surface area contributed by atoms with Crippen LogP contribution in [0.1, 0.15) is 10.4 Å². The van der Waals surface area contributed by atoms with Crippen molar-refractivity contribution in [2.24, 2.45) is 0 Å². The van der Waals surface area contributed by atoms with Crippen LogP contribution in [0, 0.1) is 0 Å². The zero-order valence-corrected chi connectivity index (χ0v) is 12.7. The second-order valence-electron chi connectivity index (χ2n) is 4.80. The van der Waals surface area contributed by atoms with Crippen molar-refractivity contribution in [1.82, 2.24) is 9.97 Å². The number of halogens is 1. The monoisotopic (exact) mass is 330 g/mol. The number of H-pyrrole nitrogens is 1. The molecule has 0 radical (unpaired) electrons. The van der Waals surface area contributed by atoms with Crippen LogP contribution in [0.4, 0.5) is 0 Å². The van der Waals surface area contributed by atoms with Crippen molar-refractivity contribution >= 4 is 28.5 Å². The van der Waals surface area contributed by atoms with Crippen LogP contribution >= 0.6 is 11.6 Å². The van der Waals surface area contributed by atoms with Gasteiger partial charge in [-0.1, -0.05) is 11.6 Å². The molecule has 0 aliphatic carbocycles. The summed E-state index contributed by atoms with van der Waals surface area (Å²) in [6.45, 7) is 0. The number of aromatic hydroxyl groups is 1. The summed E-state index contributed by atoms with van der Waals surface area (Å²) in [7, 11) is 1.28. The molecule has 0 atom stereocenters. The number of esters is 1. The smallest absolute Gasteiger partial charge is 0.337 e. The van der Waals surface area contributed by atoms with Gasteiger partial charge in [-0.3, -0.25) is 4.79 Å². The number of fused-ring (bicyclic) bond motifs is 1. The Morgan fingerprint density at radius 1 is 1.26 bits per heavy atom. The Hall–Kier alpha value is -2.86. The summed E-state index contributed by atoms with van der Waals surface area (Å²) >= 11 is 5.88. The highest BCUT2D eigenvalue weighted by molar-refractivity contribution is 6.32. The molecule has 2 aromatic carbocycles. The van der Waals surface area contributed by atoms with E-state index >= 15 is 0 Å². The molecule has 7 heteroatoms. The summed E-state index contributed by atoms with van der Waals surface area (Å²) in [6, 6.07) is 8.98. The first kappa shape index (κ1) is 15.1. The van der Waals surface area contributed by atoms with Crippen LogP contribution in [0.3, 0.4) is 0 Å². The first-order valence-corrected chi connectivity index (χ1v) is 6.98. The van der Waals surface area contributed by atoms with Crippen LogP contribution in [-0.4, -0.2) is 28.2 Å². The van der Waals surface area contributed by atoms with E-state index in [1.807, 2.05) is 0 Å². The lowest BCUT2D eigenvalue weighted by Crippen LogP contribution is -2.10. The standard InChI is InChI=1S/C16H11ClN2O4/c1-23-16(22)9-2-4-10-12(7-9)18-14(19-15(10)21)8-3-5-13(20)11(17)6-8/h2-7,20H,1H3,(H,18,19,21). The van der Waals surface area contributed by atoms with E-state index in [4.69, 9.17) is 11.6 Å². The van der Waals surface area contributed by atoms with E-state index < -0.39 is 5.97 Å². The van der Waals surface area contributed by atoms with Crippen molar-refractivity contribution in [3.05, 3.63) is 57.3 Å². The second kappa shape index (κ2) is 5.73. The minimum absolute atomic E-state index is 0.0634. The molecule has 23 heavy (non-hydrogen) atoms. The maximum atomic E-state index is 12.2. The summed E-state index contributed by atoms with van der Waals surface area (Å²) in [5, 5.41) is 9.97. The lowest BCUT2D eigenvalue weighted by Gasteiger charge is -2.06. The number of methoxy groups -OCH3 is 1. The molecule has 0 amide bonds. The lowest BCUT2D eigenvalue weighted by molar-refractivity contribution is 0.0601. The van der Waals surface area contributed by atoms with E-state index in [9.17, 15) is 14.7 Å². The van der Waals surface area contributed by atoms with Crippen LogP contribution in [0.2, 0.25) is 5.02 Å². The molecule has 116 valence electrons. The summed E-state index contributed by atoms with van der Waals surface area (Å²) in [5.41, 5.74) is 0.851. The van der Waals surface area contributed by atoms with Gasteiger partial charge in [-0.15, -0.1) is 0 Å². The Bertz CT molecular complexity index is 981. The predicted molar refractivity (Wildman–Crippen MR) is 85.8 cm³/mol. The highest BCUT2D eigenvalue weighted by atomic mass is 35.5. The van der Waals surface area contributed by atoms with E-state index in [0.717, 1.165) is 0 Å². The molecule has 1 heterocycles. The molecule has 3 aromatic rings. The van der Waals surface area contributed by atoms with E-state index in [1.54, 1.807) is 6.07 Å². The average molecular weight is 331 g/mol. The largest absolute Gasteiger partial charge is 0.506 e. The van der Waals surface area contributed by atoms with Gasteiger partial charge in [-0.2, -0.15) is 0 Å². The molecular formula is C16H11ClN2O4. The first-order valence-electron chi connectivity index (χ1n) is 6.61. The summed E-state index contributed by atoms with van der Waals surface area (Å²) in [4.78, 5) is 30.8. The first-order chi connectivity index (χ1) is 11.0. The Kier molecular flexibility index (Phi) is 3.75. The van der Waals surface area contributed by atoms with Crippen LogP contribution in [0.15, 0.2) is 41.2 Å². The quantitative estimate of drug-likeness (QED) is 0.705. The van der Waals surface area contributed by atoms with Crippen LogP contribution in [0.25, 0.3) is 22.3 Å². The molecule has 0 bridgehead atoms. The maximum Gasteiger partial charge on any atom is 0.337 e. The molecule has 0 saturated heterocycles. The van der Waals surface area contributed by atoms with E-state index in [1.165, 1.54) is 37.4 Å². The van der Waals surface area contributed by atoms with Gasteiger partial charge in [0.05, 0.1) is 28.6 Å².